The summed E-state index contributed by atoms with van der Waals surface area (Å²) in [5, 5.41) is 0. The number of hydrogen-bond acceptors (Lipinski definition) is 2. The molecule has 0 saturated carbocycles. The van der Waals surface area contributed by atoms with E-state index in [-0.39, 0.29) is 12.1 Å². The SMILES string of the molecule is C\C=C/C=C\C=C\C(\C=C/CC(N)CCC(N)C(C)c1ccccc1)=C\CC. The lowest BCUT2D eigenvalue weighted by Crippen LogP contribution is -2.30. The van der Waals surface area contributed by atoms with Crippen LogP contribution in [0.3, 0.4) is 0 Å². The van der Waals surface area contributed by atoms with Crippen LogP contribution in [-0.4, -0.2) is 12.1 Å². The fourth-order valence-electron chi connectivity index (χ4n) is 2.99. The lowest BCUT2D eigenvalue weighted by molar-refractivity contribution is 0.475. The summed E-state index contributed by atoms with van der Waals surface area (Å²) in [4.78, 5) is 0. The Labute approximate surface area is 172 Å². The fraction of sp³-hybridized carbons (Fsp3) is 0.385. The van der Waals surface area contributed by atoms with Crippen molar-refractivity contribution in [2.24, 2.45) is 11.5 Å². The molecule has 0 aliphatic heterocycles. The largest absolute Gasteiger partial charge is 0.327 e. The van der Waals surface area contributed by atoms with E-state index in [0.717, 1.165) is 25.7 Å². The van der Waals surface area contributed by atoms with Gasteiger partial charge in [-0.15, -0.1) is 0 Å². The first kappa shape index (κ1) is 23.9. The van der Waals surface area contributed by atoms with E-state index in [1.165, 1.54) is 11.1 Å². The first-order valence-corrected chi connectivity index (χ1v) is 10.5. The second-order valence-electron chi connectivity index (χ2n) is 7.22. The Morgan fingerprint density at radius 2 is 1.68 bits per heavy atom. The van der Waals surface area contributed by atoms with Gasteiger partial charge < -0.3 is 11.5 Å². The van der Waals surface area contributed by atoms with Crippen molar-refractivity contribution in [1.29, 1.82) is 0 Å². The lowest BCUT2D eigenvalue weighted by atomic mass is 9.90. The van der Waals surface area contributed by atoms with Gasteiger partial charge in [-0.2, -0.15) is 0 Å². The summed E-state index contributed by atoms with van der Waals surface area (Å²) in [6.45, 7) is 6.36. The zero-order chi connectivity index (χ0) is 20.6. The van der Waals surface area contributed by atoms with E-state index in [0.29, 0.717) is 5.92 Å². The monoisotopic (exact) mass is 378 g/mol. The molecule has 0 aromatic heterocycles. The Morgan fingerprint density at radius 3 is 2.36 bits per heavy atom. The van der Waals surface area contributed by atoms with Gasteiger partial charge in [-0.05, 0) is 49.7 Å². The van der Waals surface area contributed by atoms with Crippen LogP contribution in [-0.2, 0) is 0 Å². The smallest absolute Gasteiger partial charge is 0.0106 e. The van der Waals surface area contributed by atoms with Gasteiger partial charge in [-0.1, -0.05) is 98.9 Å². The summed E-state index contributed by atoms with van der Waals surface area (Å²) < 4.78 is 0. The molecule has 0 bridgehead atoms. The summed E-state index contributed by atoms with van der Waals surface area (Å²) in [7, 11) is 0. The van der Waals surface area contributed by atoms with Crippen molar-refractivity contribution in [2.45, 2.75) is 64.5 Å². The summed E-state index contributed by atoms with van der Waals surface area (Å²) in [5.41, 5.74) is 15.2. The lowest BCUT2D eigenvalue weighted by Gasteiger charge is -2.21. The number of nitrogens with two attached hydrogens (primary N) is 2. The van der Waals surface area contributed by atoms with Crippen LogP contribution >= 0.6 is 0 Å². The van der Waals surface area contributed by atoms with Gasteiger partial charge in [0.2, 0.25) is 0 Å². The highest BCUT2D eigenvalue weighted by atomic mass is 14.7. The van der Waals surface area contributed by atoms with Gasteiger partial charge in [0.15, 0.2) is 0 Å². The molecule has 0 spiro atoms. The molecule has 0 radical (unpaired) electrons. The molecule has 2 heteroatoms. The Bertz CT molecular complexity index is 665. The minimum atomic E-state index is 0.139. The number of benzene rings is 1. The van der Waals surface area contributed by atoms with Crippen LogP contribution in [0.5, 0.6) is 0 Å². The number of hydrogen-bond donors (Lipinski definition) is 2. The van der Waals surface area contributed by atoms with E-state index < -0.39 is 0 Å². The van der Waals surface area contributed by atoms with Gasteiger partial charge in [0.05, 0.1) is 0 Å². The van der Waals surface area contributed by atoms with Gasteiger partial charge in [-0.25, -0.2) is 0 Å². The number of rotatable bonds is 12. The standard InChI is InChI=1S/C26H38N2/c1-4-6-7-8-10-15-23(14-5-2)16-13-19-25(27)20-21-26(28)22(3)24-17-11-9-12-18-24/h4,6-18,22,25-26H,5,19-21,27-28H2,1-3H3/b6-4-,8-7-,15-10+,16-13-,23-14-. The minimum Gasteiger partial charge on any atom is -0.327 e. The van der Waals surface area contributed by atoms with E-state index in [4.69, 9.17) is 11.5 Å². The maximum absolute atomic E-state index is 6.40. The first-order valence-electron chi connectivity index (χ1n) is 10.5. The maximum atomic E-state index is 6.40. The third kappa shape index (κ3) is 10.2. The summed E-state index contributed by atoms with van der Waals surface area (Å²) in [6, 6.07) is 10.8. The molecule has 0 saturated heterocycles. The molecule has 1 rings (SSSR count). The van der Waals surface area contributed by atoms with Crippen molar-refractivity contribution in [1.82, 2.24) is 0 Å². The quantitative estimate of drug-likeness (QED) is 0.426. The van der Waals surface area contributed by atoms with Crippen LogP contribution in [0.15, 0.2) is 90.6 Å². The Morgan fingerprint density at radius 1 is 0.964 bits per heavy atom. The van der Waals surface area contributed by atoms with Gasteiger partial charge in [0.1, 0.15) is 0 Å². The van der Waals surface area contributed by atoms with E-state index in [1.54, 1.807) is 0 Å². The second kappa shape index (κ2) is 14.8. The summed E-state index contributed by atoms with van der Waals surface area (Å²) in [6.07, 6.45) is 22.6. The van der Waals surface area contributed by atoms with Crippen molar-refractivity contribution < 1.29 is 0 Å². The maximum Gasteiger partial charge on any atom is 0.0106 e. The minimum absolute atomic E-state index is 0.139. The molecule has 3 unspecified atom stereocenters. The molecule has 0 amide bonds. The molecule has 3 atom stereocenters. The van der Waals surface area contributed by atoms with E-state index >= 15 is 0 Å². The van der Waals surface area contributed by atoms with Crippen LogP contribution in [0.1, 0.15) is 57.9 Å². The second-order valence-corrected chi connectivity index (χ2v) is 7.22. The topological polar surface area (TPSA) is 52.0 Å². The van der Waals surface area contributed by atoms with Gasteiger partial charge in [-0.3, -0.25) is 0 Å². The molecule has 0 heterocycles. The predicted octanol–water partition coefficient (Wildman–Crippen LogP) is 6.20. The average Bonchev–Trinajstić information content (AvgIpc) is 2.71. The molecule has 1 aromatic rings. The highest BCUT2D eigenvalue weighted by Crippen LogP contribution is 2.21. The average molecular weight is 379 g/mol. The van der Waals surface area contributed by atoms with Crippen LogP contribution in [0.4, 0.5) is 0 Å². The Hall–Kier alpha value is -2.16. The fourth-order valence-corrected chi connectivity index (χ4v) is 2.99. The molecule has 0 aliphatic rings. The molecular weight excluding hydrogens is 340 g/mol. The van der Waals surface area contributed by atoms with Gasteiger partial charge in [0.25, 0.3) is 0 Å². The molecule has 2 nitrogen and oxygen atoms in total. The van der Waals surface area contributed by atoms with Crippen LogP contribution in [0.25, 0.3) is 0 Å². The van der Waals surface area contributed by atoms with Gasteiger partial charge in [0, 0.05) is 12.1 Å². The highest BCUT2D eigenvalue weighted by Gasteiger charge is 2.15. The van der Waals surface area contributed by atoms with Crippen molar-refractivity contribution in [2.75, 3.05) is 0 Å². The summed E-state index contributed by atoms with van der Waals surface area (Å²) >= 11 is 0. The van der Waals surface area contributed by atoms with E-state index in [9.17, 15) is 0 Å². The molecule has 4 N–H and O–H groups in total. The van der Waals surface area contributed by atoms with Crippen LogP contribution in [0, 0.1) is 0 Å². The molecular formula is C26H38N2. The van der Waals surface area contributed by atoms with E-state index in [2.05, 4.69) is 68.5 Å². The summed E-state index contributed by atoms with van der Waals surface area (Å²) in [5.74, 6) is 0.351. The normalized spacial score (nSPS) is 16.5. The number of allylic oxidation sites excluding steroid dienone is 9. The third-order valence-electron chi connectivity index (χ3n) is 4.84. The van der Waals surface area contributed by atoms with Crippen molar-refractivity contribution in [3.63, 3.8) is 0 Å². The van der Waals surface area contributed by atoms with Crippen molar-refractivity contribution >= 4 is 0 Å². The third-order valence-corrected chi connectivity index (χ3v) is 4.84. The first-order chi connectivity index (χ1) is 13.6. The van der Waals surface area contributed by atoms with Crippen LogP contribution in [0.2, 0.25) is 0 Å². The highest BCUT2D eigenvalue weighted by molar-refractivity contribution is 5.32. The van der Waals surface area contributed by atoms with Crippen molar-refractivity contribution in [3.8, 4) is 0 Å². The zero-order valence-electron chi connectivity index (χ0n) is 17.8. The Balaban J connectivity index is 2.44. The molecule has 0 fully saturated rings. The molecule has 0 aliphatic carbocycles. The van der Waals surface area contributed by atoms with Crippen molar-refractivity contribution in [3.05, 3.63) is 96.2 Å². The Kier molecular flexibility index (Phi) is 12.7. The van der Waals surface area contributed by atoms with E-state index in [1.807, 2.05) is 37.3 Å². The molecule has 152 valence electrons. The van der Waals surface area contributed by atoms with Gasteiger partial charge >= 0.3 is 0 Å². The van der Waals surface area contributed by atoms with Crippen LogP contribution < -0.4 is 11.5 Å². The molecule has 1 aromatic carbocycles. The predicted molar refractivity (Wildman–Crippen MR) is 125 cm³/mol. The zero-order valence-corrected chi connectivity index (χ0v) is 17.8. The molecule has 28 heavy (non-hydrogen) atoms.